The molecule has 0 saturated carbocycles. The Hall–Kier alpha value is -4.21. The maximum Gasteiger partial charge on any atom is 0.326 e. The zero-order chi connectivity index (χ0) is 29.2. The molecule has 2 rings (SSSR count). The van der Waals surface area contributed by atoms with E-state index in [0.717, 1.165) is 24.1 Å². The predicted octanol–water partition coefficient (Wildman–Crippen LogP) is 1.13. The van der Waals surface area contributed by atoms with Crippen LogP contribution in [0, 0.1) is 24.7 Å². The van der Waals surface area contributed by atoms with Gasteiger partial charge < -0.3 is 19.9 Å². The number of amides is 1. The highest BCUT2D eigenvalue weighted by Gasteiger charge is 2.28. The average Bonchev–Trinajstić information content (AvgIpc) is 2.90. The second-order valence-corrected chi connectivity index (χ2v) is 10.6. The smallest absolute Gasteiger partial charge is 0.326 e. The molecule has 1 amide bonds. The lowest BCUT2D eigenvalue weighted by atomic mass is 10.0. The molecular formula is C27H30N2O9S. The summed E-state index contributed by atoms with van der Waals surface area (Å²) in [4.78, 5) is 47.7. The number of rotatable bonds is 11. The maximum absolute atomic E-state index is 12.7. The molecule has 0 spiro atoms. The van der Waals surface area contributed by atoms with E-state index < -0.39 is 52.3 Å². The van der Waals surface area contributed by atoms with Crippen molar-refractivity contribution in [2.45, 2.75) is 30.7 Å². The van der Waals surface area contributed by atoms with Gasteiger partial charge in [-0.25, -0.2) is 13.2 Å². The summed E-state index contributed by atoms with van der Waals surface area (Å²) >= 11 is 0. The molecule has 0 aromatic heterocycles. The Balaban J connectivity index is 2.02. The van der Waals surface area contributed by atoms with Crippen LogP contribution in [-0.4, -0.2) is 75.5 Å². The SMILES string of the molecule is COC(=O)C(CC#Cc1ccc(C[C@H](NC(=O)CN(C)S(=O)(=O)c2ccc(C)cc2)C(=O)O)cc1)C(=O)OC. The number of esters is 2. The summed E-state index contributed by atoms with van der Waals surface area (Å²) in [7, 11) is -0.386. The fourth-order valence-electron chi connectivity index (χ4n) is 3.38. The highest BCUT2D eigenvalue weighted by atomic mass is 32.2. The second kappa shape index (κ2) is 14.1. The highest BCUT2D eigenvalue weighted by molar-refractivity contribution is 7.89. The topological polar surface area (TPSA) is 156 Å². The molecule has 0 aliphatic rings. The summed E-state index contributed by atoms with van der Waals surface area (Å²) in [5.41, 5.74) is 2.01. The number of nitrogens with one attached hydrogen (secondary N) is 1. The van der Waals surface area contributed by atoms with Crippen molar-refractivity contribution in [2.75, 3.05) is 27.8 Å². The lowest BCUT2D eigenvalue weighted by molar-refractivity contribution is -0.158. The number of benzene rings is 2. The van der Waals surface area contributed by atoms with Crippen LogP contribution in [0.2, 0.25) is 0 Å². The van der Waals surface area contributed by atoms with E-state index >= 15 is 0 Å². The number of likely N-dealkylation sites (N-methyl/N-ethyl adjacent to an activating group) is 1. The van der Waals surface area contributed by atoms with Gasteiger partial charge in [-0.2, -0.15) is 4.31 Å². The molecule has 0 aliphatic heterocycles. The van der Waals surface area contributed by atoms with Gasteiger partial charge in [-0.05, 0) is 36.8 Å². The molecule has 0 bridgehead atoms. The van der Waals surface area contributed by atoms with Gasteiger partial charge in [0.25, 0.3) is 0 Å². The van der Waals surface area contributed by atoms with Crippen LogP contribution in [0.15, 0.2) is 53.4 Å². The van der Waals surface area contributed by atoms with Crippen LogP contribution in [-0.2, 0) is 45.1 Å². The van der Waals surface area contributed by atoms with Crippen LogP contribution in [0.3, 0.4) is 0 Å². The molecule has 2 aromatic rings. The van der Waals surface area contributed by atoms with Crippen LogP contribution in [0.25, 0.3) is 0 Å². The normalized spacial score (nSPS) is 11.7. The van der Waals surface area contributed by atoms with Crippen LogP contribution in [0.4, 0.5) is 0 Å². The molecule has 0 radical (unpaired) electrons. The molecule has 0 fully saturated rings. The van der Waals surface area contributed by atoms with E-state index in [1.165, 1.54) is 19.2 Å². The first-order valence-corrected chi connectivity index (χ1v) is 13.1. The molecule has 39 heavy (non-hydrogen) atoms. The van der Waals surface area contributed by atoms with E-state index in [1.54, 1.807) is 36.4 Å². The van der Waals surface area contributed by atoms with Gasteiger partial charge >= 0.3 is 17.9 Å². The number of ether oxygens (including phenoxy) is 2. The van der Waals surface area contributed by atoms with Gasteiger partial charge in [0.15, 0.2) is 5.92 Å². The van der Waals surface area contributed by atoms with Gasteiger partial charge in [-0.3, -0.25) is 14.4 Å². The van der Waals surface area contributed by atoms with Gasteiger partial charge in [0.2, 0.25) is 15.9 Å². The number of aryl methyl sites for hydroxylation is 1. The van der Waals surface area contributed by atoms with E-state index in [9.17, 15) is 32.7 Å². The van der Waals surface area contributed by atoms with Crippen molar-refractivity contribution in [3.63, 3.8) is 0 Å². The Morgan fingerprint density at radius 1 is 0.974 bits per heavy atom. The van der Waals surface area contributed by atoms with Gasteiger partial charge in [-0.15, -0.1) is 0 Å². The van der Waals surface area contributed by atoms with Crippen molar-refractivity contribution in [3.05, 3.63) is 65.2 Å². The number of carboxylic acid groups (broad SMARTS) is 1. The van der Waals surface area contributed by atoms with Crippen LogP contribution < -0.4 is 5.32 Å². The van der Waals surface area contributed by atoms with Crippen molar-refractivity contribution in [2.24, 2.45) is 5.92 Å². The zero-order valence-corrected chi connectivity index (χ0v) is 22.8. The van der Waals surface area contributed by atoms with Crippen LogP contribution >= 0.6 is 0 Å². The fraction of sp³-hybridized carbons (Fsp3) is 0.333. The summed E-state index contributed by atoms with van der Waals surface area (Å²) in [5, 5.41) is 12.0. The standard InChI is InChI=1S/C27H30N2O9S/c1-18-8-14-21(15-9-18)39(35,36)29(2)17-24(30)28-23(25(31)32)16-20-12-10-19(11-13-20)6-5-7-22(26(33)37-3)27(34)38-4/h8-15,22-23H,7,16-17H2,1-4H3,(H,28,30)(H,31,32)/t23-/m0/s1. The summed E-state index contributed by atoms with van der Waals surface area (Å²) in [5.74, 6) is 0.795. The predicted molar refractivity (Wildman–Crippen MR) is 140 cm³/mol. The number of carbonyl (C=O) groups excluding carboxylic acids is 3. The van der Waals surface area contributed by atoms with Crippen LogP contribution in [0.1, 0.15) is 23.1 Å². The summed E-state index contributed by atoms with van der Waals surface area (Å²) < 4.78 is 35.4. The number of methoxy groups -OCH3 is 2. The highest BCUT2D eigenvalue weighted by Crippen LogP contribution is 2.15. The summed E-state index contributed by atoms with van der Waals surface area (Å²) in [6.45, 7) is 1.25. The molecule has 2 N–H and O–H groups in total. The van der Waals surface area contributed by atoms with Crippen molar-refractivity contribution in [3.8, 4) is 11.8 Å². The average molecular weight is 559 g/mol. The Morgan fingerprint density at radius 3 is 2.05 bits per heavy atom. The molecule has 208 valence electrons. The molecular weight excluding hydrogens is 528 g/mol. The molecule has 12 heteroatoms. The number of carbonyl (C=O) groups is 4. The monoisotopic (exact) mass is 558 g/mol. The molecule has 2 aromatic carbocycles. The number of carboxylic acids is 1. The third kappa shape index (κ3) is 8.94. The zero-order valence-electron chi connectivity index (χ0n) is 22.0. The molecule has 0 unspecified atom stereocenters. The van der Waals surface area contributed by atoms with Gasteiger partial charge in [0, 0.05) is 25.5 Å². The summed E-state index contributed by atoms with van der Waals surface area (Å²) in [6.07, 6.45) is -0.168. The molecule has 1 atom stereocenters. The summed E-state index contributed by atoms with van der Waals surface area (Å²) in [6, 6.07) is 11.3. The Morgan fingerprint density at radius 2 is 1.54 bits per heavy atom. The van der Waals surface area contributed by atoms with Crippen molar-refractivity contribution in [1.82, 2.24) is 9.62 Å². The van der Waals surface area contributed by atoms with E-state index in [1.807, 2.05) is 6.92 Å². The Labute approximate surface area is 227 Å². The minimum Gasteiger partial charge on any atom is -0.480 e. The largest absolute Gasteiger partial charge is 0.480 e. The number of hydrogen-bond acceptors (Lipinski definition) is 8. The van der Waals surface area contributed by atoms with Crippen molar-refractivity contribution in [1.29, 1.82) is 0 Å². The number of sulfonamides is 1. The van der Waals surface area contributed by atoms with E-state index in [-0.39, 0.29) is 17.7 Å². The van der Waals surface area contributed by atoms with Gasteiger partial charge in [0.05, 0.1) is 25.7 Å². The fourth-order valence-corrected chi connectivity index (χ4v) is 4.51. The third-order valence-electron chi connectivity index (χ3n) is 5.63. The minimum absolute atomic E-state index is 0.0208. The van der Waals surface area contributed by atoms with E-state index in [0.29, 0.717) is 11.1 Å². The molecule has 0 aliphatic carbocycles. The molecule has 11 nitrogen and oxygen atoms in total. The van der Waals surface area contributed by atoms with Crippen molar-refractivity contribution >= 4 is 33.8 Å². The van der Waals surface area contributed by atoms with E-state index in [2.05, 4.69) is 26.6 Å². The number of hydrogen-bond donors (Lipinski definition) is 2. The van der Waals surface area contributed by atoms with E-state index in [4.69, 9.17) is 0 Å². The molecule has 0 heterocycles. The first-order chi connectivity index (χ1) is 18.4. The lowest BCUT2D eigenvalue weighted by Crippen LogP contribution is -2.46. The number of nitrogens with zero attached hydrogens (tertiary/aromatic N) is 1. The number of aliphatic carboxylic acids is 1. The first kappa shape index (κ1) is 31.0. The second-order valence-electron chi connectivity index (χ2n) is 8.54. The Kier molecular flexibility index (Phi) is 11.2. The Bertz CT molecular complexity index is 1340. The quantitative estimate of drug-likeness (QED) is 0.234. The molecule has 0 saturated heterocycles. The van der Waals surface area contributed by atoms with Gasteiger partial charge in [-0.1, -0.05) is 41.7 Å². The first-order valence-electron chi connectivity index (χ1n) is 11.7. The lowest BCUT2D eigenvalue weighted by Gasteiger charge is -2.19. The third-order valence-corrected chi connectivity index (χ3v) is 7.45. The van der Waals surface area contributed by atoms with Crippen LogP contribution in [0.5, 0.6) is 0 Å². The minimum atomic E-state index is -3.94. The van der Waals surface area contributed by atoms with Gasteiger partial charge in [0.1, 0.15) is 6.04 Å². The maximum atomic E-state index is 12.7. The van der Waals surface area contributed by atoms with Crippen molar-refractivity contribution < 1.29 is 42.2 Å².